The van der Waals surface area contributed by atoms with Gasteiger partial charge in [0.15, 0.2) is 0 Å². The minimum Gasteiger partial charge on any atom is -0.449 e. The molecule has 2 fully saturated rings. The first-order chi connectivity index (χ1) is 15.9. The number of benzene rings is 1. The second-order valence-electron chi connectivity index (χ2n) is 11.7. The second-order valence-corrected chi connectivity index (χ2v) is 12.6. The van der Waals surface area contributed by atoms with Crippen LogP contribution in [0.1, 0.15) is 78.2 Å². The first-order valence-corrected chi connectivity index (χ1v) is 13.3. The van der Waals surface area contributed by atoms with Gasteiger partial charge in [-0.15, -0.1) is 0 Å². The Morgan fingerprint density at radius 3 is 2.18 bits per heavy atom. The van der Waals surface area contributed by atoms with E-state index in [1.165, 1.54) is 0 Å². The number of halogens is 1. The first-order valence-electron chi connectivity index (χ1n) is 12.5. The van der Waals surface area contributed by atoms with E-state index in [-0.39, 0.29) is 22.8 Å². The topological polar surface area (TPSA) is 70.1 Å². The Morgan fingerprint density at radius 2 is 1.62 bits per heavy atom. The van der Waals surface area contributed by atoms with Crippen LogP contribution in [0.2, 0.25) is 0 Å². The number of rotatable bonds is 6. The molecule has 1 aromatic rings. The molecule has 1 atom stereocenters. The number of ether oxygens (including phenoxy) is 1. The lowest BCUT2D eigenvalue weighted by Gasteiger charge is -2.52. The Labute approximate surface area is 213 Å². The molecule has 190 valence electrons. The van der Waals surface area contributed by atoms with E-state index in [2.05, 4.69) is 50.5 Å². The van der Waals surface area contributed by atoms with Crippen molar-refractivity contribution in [2.45, 2.75) is 78.2 Å². The molecule has 6 nitrogen and oxygen atoms in total. The molecule has 0 bridgehead atoms. The summed E-state index contributed by atoms with van der Waals surface area (Å²) in [6, 6.07) is 7.76. The van der Waals surface area contributed by atoms with Gasteiger partial charge in [0.1, 0.15) is 0 Å². The van der Waals surface area contributed by atoms with Gasteiger partial charge in [-0.05, 0) is 54.2 Å². The lowest BCUT2D eigenvalue weighted by atomic mass is 9.56. The molecule has 2 aliphatic rings. The van der Waals surface area contributed by atoms with Crippen LogP contribution >= 0.6 is 15.9 Å². The second kappa shape index (κ2) is 10.6. The fourth-order valence-electron chi connectivity index (χ4n) is 6.40. The molecule has 1 N–H and O–H groups in total. The number of aliphatic hydroxyl groups is 1. The molecule has 1 saturated heterocycles. The Hall–Kier alpha value is -1.60. The van der Waals surface area contributed by atoms with Crippen LogP contribution in [-0.4, -0.2) is 65.3 Å². The summed E-state index contributed by atoms with van der Waals surface area (Å²) in [6.07, 6.45) is 3.65. The van der Waals surface area contributed by atoms with Crippen molar-refractivity contribution in [3.8, 4) is 0 Å². The molecule has 34 heavy (non-hydrogen) atoms. The van der Waals surface area contributed by atoms with Crippen molar-refractivity contribution in [2.75, 3.05) is 32.8 Å². The van der Waals surface area contributed by atoms with Crippen molar-refractivity contribution in [3.05, 3.63) is 34.3 Å². The van der Waals surface area contributed by atoms with Crippen LogP contribution in [0, 0.1) is 10.8 Å². The van der Waals surface area contributed by atoms with Crippen molar-refractivity contribution >= 4 is 27.9 Å². The Kier molecular flexibility index (Phi) is 8.39. The number of amides is 2. The molecule has 3 rings (SSSR count). The highest BCUT2D eigenvalue weighted by Gasteiger charge is 2.53. The molecule has 0 spiro atoms. The summed E-state index contributed by atoms with van der Waals surface area (Å²) in [4.78, 5) is 29.9. The summed E-state index contributed by atoms with van der Waals surface area (Å²) in [5.74, 6) is -0.722. The molecule has 0 radical (unpaired) electrons. The van der Waals surface area contributed by atoms with E-state index in [1.54, 1.807) is 4.90 Å². The SMILES string of the molecule is CCCCOC(=O)N1CCN(C(=O)C(c2cccc(Br)c2)C2(O)CC(C)(C)CC(C)(C)C2)CC1. The first kappa shape index (κ1) is 27.0. The highest BCUT2D eigenvalue weighted by molar-refractivity contribution is 9.10. The maximum Gasteiger partial charge on any atom is 0.409 e. The monoisotopic (exact) mass is 536 g/mol. The van der Waals surface area contributed by atoms with Crippen LogP contribution in [0.4, 0.5) is 4.79 Å². The normalized spacial score (nSPS) is 22.2. The fraction of sp³-hybridized carbons (Fsp3) is 0.704. The quantitative estimate of drug-likeness (QED) is 0.481. The van der Waals surface area contributed by atoms with Crippen molar-refractivity contribution in [2.24, 2.45) is 10.8 Å². The van der Waals surface area contributed by atoms with E-state index < -0.39 is 11.5 Å². The zero-order valence-corrected chi connectivity index (χ0v) is 23.0. The van der Waals surface area contributed by atoms with Gasteiger partial charge in [-0.2, -0.15) is 0 Å². The number of unbranched alkanes of at least 4 members (excludes halogenated alkanes) is 1. The Balaban J connectivity index is 1.83. The van der Waals surface area contributed by atoms with Gasteiger partial charge >= 0.3 is 6.09 Å². The van der Waals surface area contributed by atoms with Gasteiger partial charge in [0.05, 0.1) is 18.1 Å². The highest BCUT2D eigenvalue weighted by atomic mass is 79.9. The van der Waals surface area contributed by atoms with Crippen molar-refractivity contribution < 1.29 is 19.4 Å². The van der Waals surface area contributed by atoms with E-state index in [0.717, 1.165) is 29.3 Å². The largest absolute Gasteiger partial charge is 0.449 e. The highest BCUT2D eigenvalue weighted by Crippen LogP contribution is 2.54. The van der Waals surface area contributed by atoms with E-state index in [1.807, 2.05) is 29.2 Å². The van der Waals surface area contributed by atoms with E-state index in [4.69, 9.17) is 4.74 Å². The van der Waals surface area contributed by atoms with Gasteiger partial charge in [0, 0.05) is 30.7 Å². The summed E-state index contributed by atoms with van der Waals surface area (Å²) in [5, 5.41) is 12.2. The molecule has 1 aliphatic carbocycles. The van der Waals surface area contributed by atoms with Gasteiger partial charge in [-0.1, -0.05) is 69.1 Å². The standard InChI is InChI=1S/C27H41BrN2O4/c1-6-7-15-34-24(32)30-13-11-29(12-14-30)23(31)22(20-9-8-10-21(28)16-20)27(33)18-25(2,3)17-26(4,5)19-27/h8-10,16,22,33H,6-7,11-15,17-19H2,1-5H3. The number of hydrogen-bond acceptors (Lipinski definition) is 4. The predicted octanol–water partition coefficient (Wildman–Crippen LogP) is 5.58. The molecule has 1 unspecified atom stereocenters. The molecule has 1 heterocycles. The summed E-state index contributed by atoms with van der Waals surface area (Å²) in [5.41, 5.74) is -0.486. The Morgan fingerprint density at radius 1 is 1.03 bits per heavy atom. The van der Waals surface area contributed by atoms with Gasteiger partial charge in [0.25, 0.3) is 0 Å². The van der Waals surface area contributed by atoms with Crippen molar-refractivity contribution in [1.29, 1.82) is 0 Å². The number of hydrogen-bond donors (Lipinski definition) is 1. The third kappa shape index (κ3) is 6.54. The maximum atomic E-state index is 14.0. The average molecular weight is 538 g/mol. The van der Waals surface area contributed by atoms with E-state index >= 15 is 0 Å². The minimum atomic E-state index is -1.15. The van der Waals surface area contributed by atoms with Crippen LogP contribution in [0.25, 0.3) is 0 Å². The molecule has 1 aliphatic heterocycles. The van der Waals surface area contributed by atoms with Crippen LogP contribution in [0.3, 0.4) is 0 Å². The van der Waals surface area contributed by atoms with Gasteiger partial charge in [-0.25, -0.2) is 4.79 Å². The maximum absolute atomic E-state index is 14.0. The molecular weight excluding hydrogens is 496 g/mol. The smallest absolute Gasteiger partial charge is 0.409 e. The molecule has 0 aromatic heterocycles. The fourth-order valence-corrected chi connectivity index (χ4v) is 6.82. The lowest BCUT2D eigenvalue weighted by Crippen LogP contribution is -2.57. The average Bonchev–Trinajstić information content (AvgIpc) is 2.71. The number of carbonyl (C=O) groups is 2. The summed E-state index contributed by atoms with van der Waals surface area (Å²) in [7, 11) is 0. The molecule has 1 saturated carbocycles. The van der Waals surface area contributed by atoms with Gasteiger partial charge in [-0.3, -0.25) is 4.79 Å². The lowest BCUT2D eigenvalue weighted by molar-refractivity contribution is -0.151. The van der Waals surface area contributed by atoms with Crippen LogP contribution < -0.4 is 0 Å². The van der Waals surface area contributed by atoms with Crippen LogP contribution in [0.5, 0.6) is 0 Å². The van der Waals surface area contributed by atoms with Crippen LogP contribution in [-0.2, 0) is 9.53 Å². The number of nitrogens with zero attached hydrogens (tertiary/aromatic N) is 2. The zero-order chi connectivity index (χ0) is 25.1. The van der Waals surface area contributed by atoms with E-state index in [0.29, 0.717) is 45.6 Å². The number of carbonyl (C=O) groups excluding carboxylic acids is 2. The summed E-state index contributed by atoms with van der Waals surface area (Å²) < 4.78 is 6.23. The summed E-state index contributed by atoms with van der Waals surface area (Å²) in [6.45, 7) is 13.0. The molecule has 1 aromatic carbocycles. The third-order valence-corrected chi connectivity index (χ3v) is 7.56. The Bertz CT molecular complexity index is 861. The number of piperazine rings is 1. The predicted molar refractivity (Wildman–Crippen MR) is 138 cm³/mol. The third-order valence-electron chi connectivity index (χ3n) is 7.07. The van der Waals surface area contributed by atoms with Gasteiger partial charge in [0.2, 0.25) is 5.91 Å². The molecular formula is C27H41BrN2O4. The van der Waals surface area contributed by atoms with Crippen molar-refractivity contribution in [3.63, 3.8) is 0 Å². The van der Waals surface area contributed by atoms with E-state index in [9.17, 15) is 14.7 Å². The molecule has 7 heteroatoms. The van der Waals surface area contributed by atoms with Crippen molar-refractivity contribution in [1.82, 2.24) is 9.80 Å². The van der Waals surface area contributed by atoms with Gasteiger partial charge < -0.3 is 19.6 Å². The minimum absolute atomic E-state index is 0.0619. The summed E-state index contributed by atoms with van der Waals surface area (Å²) >= 11 is 3.55. The zero-order valence-electron chi connectivity index (χ0n) is 21.4. The van der Waals surface area contributed by atoms with Crippen LogP contribution in [0.15, 0.2) is 28.7 Å². The molecule has 2 amide bonds.